The van der Waals surface area contributed by atoms with Crippen LogP contribution in [0.1, 0.15) is 89.8 Å². The minimum Gasteiger partial charge on any atom is -0.345 e. The molecule has 3 heterocycles. The average Bonchev–Trinajstić information content (AvgIpc) is 3.52. The first-order chi connectivity index (χ1) is 17.8. The van der Waals surface area contributed by atoms with Crippen molar-refractivity contribution < 1.29 is 18.5 Å². The van der Waals surface area contributed by atoms with Gasteiger partial charge in [0, 0.05) is 18.5 Å². The summed E-state index contributed by atoms with van der Waals surface area (Å²) in [5.74, 6) is 0.0131. The number of hydrogen-bond donors (Lipinski definition) is 3. The van der Waals surface area contributed by atoms with E-state index >= 15 is 0 Å². The number of fused-ring (bicyclic) bond motifs is 1. The molecule has 2 aromatic heterocycles. The summed E-state index contributed by atoms with van der Waals surface area (Å²) < 4.78 is 19.4. The molecular weight excluding hydrogens is 477 g/mol. The molecule has 1 aliphatic heterocycles. The van der Waals surface area contributed by atoms with Crippen LogP contribution < -0.4 is 10.6 Å². The normalized spacial score (nSPS) is 17.7. The first kappa shape index (κ1) is 26.6. The molecule has 2 amide bonds. The molecule has 200 valence electrons. The Balaban J connectivity index is 1.52. The minimum atomic E-state index is -0.944. The Morgan fingerprint density at radius 3 is 2.76 bits per heavy atom. The number of nitrogens with zero attached hydrogens (tertiary/aromatic N) is 4. The zero-order valence-corrected chi connectivity index (χ0v) is 21.9. The Kier molecular flexibility index (Phi) is 8.40. The molecule has 4 rings (SSSR count). The van der Waals surface area contributed by atoms with Crippen molar-refractivity contribution in [1.29, 1.82) is 0 Å². The topological polar surface area (TPSA) is 129 Å². The smallest absolute Gasteiger partial charge is 0.322 e. The molecule has 0 spiro atoms. The number of piperidine rings is 1. The number of rotatable bonds is 10. The summed E-state index contributed by atoms with van der Waals surface area (Å²) in [4.78, 5) is 40.4. The van der Waals surface area contributed by atoms with Crippen LogP contribution >= 0.6 is 0 Å². The van der Waals surface area contributed by atoms with Gasteiger partial charge in [0.1, 0.15) is 17.4 Å². The highest BCUT2D eigenvalue weighted by Crippen LogP contribution is 2.23. The molecule has 10 nitrogen and oxygen atoms in total. The second-order valence-corrected chi connectivity index (χ2v) is 10.0. The van der Waals surface area contributed by atoms with Crippen LogP contribution in [0.25, 0.3) is 11.0 Å². The van der Waals surface area contributed by atoms with Gasteiger partial charge in [-0.3, -0.25) is 9.59 Å². The number of halogens is 1. The van der Waals surface area contributed by atoms with Crippen molar-refractivity contribution in [2.75, 3.05) is 11.9 Å². The number of anilines is 1. The van der Waals surface area contributed by atoms with Crippen LogP contribution in [0, 0.1) is 5.82 Å². The highest BCUT2D eigenvalue weighted by Gasteiger charge is 2.32. The summed E-state index contributed by atoms with van der Waals surface area (Å²) in [5, 5.41) is 9.81. The lowest BCUT2D eigenvalue weighted by Gasteiger charge is -2.36. The summed E-state index contributed by atoms with van der Waals surface area (Å²) in [7, 11) is 0. The molecule has 37 heavy (non-hydrogen) atoms. The number of carbonyl (C=O) groups excluding carboxylic acids is 2. The maximum absolute atomic E-state index is 14.1. The molecule has 1 fully saturated rings. The molecule has 1 aromatic carbocycles. The Hall–Kier alpha value is -3.50. The van der Waals surface area contributed by atoms with E-state index < -0.39 is 23.8 Å². The van der Waals surface area contributed by atoms with Gasteiger partial charge in [-0.2, -0.15) is 4.98 Å². The molecular formula is C26H36FN7O3. The molecule has 1 aliphatic rings. The Labute approximate surface area is 215 Å². The standard InChI is InChI=1S/C26H36FN7O3/c1-5-9-17-10-6-7-13-34(17)21(35)14-20(30-26-32-23(15(2)3)33-37-26)25(36)28-16(4)24-29-19-12-8-11-18(27)22(19)31-24/h8,11-12,15-17,20H,5-7,9-10,13-14H2,1-4H3,(H,28,36)(H,29,31)(H,30,32,33)/t16-,17-,20-/m0/s1. The maximum atomic E-state index is 14.1. The van der Waals surface area contributed by atoms with Crippen LogP contribution in [0.15, 0.2) is 22.7 Å². The molecule has 3 N–H and O–H groups in total. The molecule has 3 aromatic rings. The summed E-state index contributed by atoms with van der Waals surface area (Å²) in [6.07, 6.45) is 4.91. The van der Waals surface area contributed by atoms with Crippen LogP contribution in [0.2, 0.25) is 0 Å². The second kappa shape index (κ2) is 11.7. The average molecular weight is 514 g/mol. The first-order valence-electron chi connectivity index (χ1n) is 13.1. The van der Waals surface area contributed by atoms with E-state index in [2.05, 4.69) is 37.7 Å². The lowest BCUT2D eigenvalue weighted by molar-refractivity contribution is -0.137. The lowest BCUT2D eigenvalue weighted by atomic mass is 9.97. The van der Waals surface area contributed by atoms with Crippen molar-refractivity contribution in [1.82, 2.24) is 30.3 Å². The number of carbonyl (C=O) groups is 2. The van der Waals surface area contributed by atoms with E-state index in [4.69, 9.17) is 4.52 Å². The molecule has 11 heteroatoms. The van der Waals surface area contributed by atoms with Crippen molar-refractivity contribution in [2.24, 2.45) is 0 Å². The maximum Gasteiger partial charge on any atom is 0.322 e. The number of hydrogen-bond acceptors (Lipinski definition) is 7. The first-order valence-corrected chi connectivity index (χ1v) is 13.1. The minimum absolute atomic E-state index is 0.0462. The third-order valence-corrected chi connectivity index (χ3v) is 6.77. The monoisotopic (exact) mass is 513 g/mol. The van der Waals surface area contributed by atoms with Gasteiger partial charge in [-0.25, -0.2) is 9.37 Å². The van der Waals surface area contributed by atoms with E-state index in [9.17, 15) is 14.0 Å². The number of imidazole rings is 1. The van der Waals surface area contributed by atoms with Gasteiger partial charge in [-0.05, 0) is 44.7 Å². The summed E-state index contributed by atoms with van der Waals surface area (Å²) >= 11 is 0. The van der Waals surface area contributed by atoms with Crippen molar-refractivity contribution in [3.05, 3.63) is 35.7 Å². The summed E-state index contributed by atoms with van der Waals surface area (Å²) in [6, 6.07) is 3.42. The van der Waals surface area contributed by atoms with Gasteiger partial charge in [0.15, 0.2) is 11.6 Å². The SMILES string of the molecule is CCC[C@H]1CCCCN1C(=O)C[C@H](Nc1nc(C(C)C)no1)C(=O)N[C@@H](C)c1nc2c(F)cccc2[nH]1. The van der Waals surface area contributed by atoms with E-state index in [1.807, 2.05) is 18.7 Å². The van der Waals surface area contributed by atoms with Crippen LogP contribution in [0.4, 0.5) is 10.4 Å². The number of amides is 2. The zero-order chi connectivity index (χ0) is 26.5. The molecule has 0 bridgehead atoms. The number of H-pyrrole nitrogens is 1. The van der Waals surface area contributed by atoms with E-state index in [0.29, 0.717) is 23.7 Å². The quantitative estimate of drug-likeness (QED) is 0.366. The molecule has 0 radical (unpaired) electrons. The van der Waals surface area contributed by atoms with Crippen molar-refractivity contribution >= 4 is 28.9 Å². The Morgan fingerprint density at radius 1 is 1.24 bits per heavy atom. The van der Waals surface area contributed by atoms with Gasteiger partial charge in [-0.1, -0.05) is 38.4 Å². The van der Waals surface area contributed by atoms with Gasteiger partial charge in [0.25, 0.3) is 0 Å². The number of nitrogens with one attached hydrogen (secondary N) is 3. The van der Waals surface area contributed by atoms with Gasteiger partial charge >= 0.3 is 6.01 Å². The predicted molar refractivity (Wildman–Crippen MR) is 137 cm³/mol. The van der Waals surface area contributed by atoms with Gasteiger partial charge in [0.2, 0.25) is 11.8 Å². The fourth-order valence-electron chi connectivity index (χ4n) is 4.74. The zero-order valence-electron chi connectivity index (χ0n) is 21.9. The molecule has 1 saturated heterocycles. The van der Waals surface area contributed by atoms with Gasteiger partial charge in [0.05, 0.1) is 18.0 Å². The number of aromatic amines is 1. The number of benzene rings is 1. The van der Waals surface area contributed by atoms with Crippen LogP contribution in [-0.4, -0.2) is 55.5 Å². The second-order valence-electron chi connectivity index (χ2n) is 10.0. The third kappa shape index (κ3) is 6.26. The fraction of sp³-hybridized carbons (Fsp3) is 0.577. The molecule has 0 aliphatic carbocycles. The van der Waals surface area contributed by atoms with Gasteiger partial charge < -0.3 is 25.0 Å². The molecule has 0 saturated carbocycles. The highest BCUT2D eigenvalue weighted by atomic mass is 19.1. The van der Waals surface area contributed by atoms with Crippen molar-refractivity contribution in [3.63, 3.8) is 0 Å². The Morgan fingerprint density at radius 2 is 2.05 bits per heavy atom. The largest absolute Gasteiger partial charge is 0.345 e. The lowest BCUT2D eigenvalue weighted by Crippen LogP contribution is -2.48. The van der Waals surface area contributed by atoms with Crippen molar-refractivity contribution in [3.8, 4) is 0 Å². The van der Waals surface area contributed by atoms with Crippen LogP contribution in [0.5, 0.6) is 0 Å². The number of aromatic nitrogens is 4. The Bertz CT molecular complexity index is 1220. The predicted octanol–water partition coefficient (Wildman–Crippen LogP) is 4.44. The molecule has 3 atom stereocenters. The van der Waals surface area contributed by atoms with E-state index in [1.165, 1.54) is 6.07 Å². The fourth-order valence-corrected chi connectivity index (χ4v) is 4.74. The highest BCUT2D eigenvalue weighted by molar-refractivity contribution is 5.90. The summed E-state index contributed by atoms with van der Waals surface area (Å²) in [5.41, 5.74) is 0.752. The van der Waals surface area contributed by atoms with E-state index in [0.717, 1.165) is 32.1 Å². The number of likely N-dealkylation sites (tertiary alicyclic amines) is 1. The molecule has 0 unspecified atom stereocenters. The summed E-state index contributed by atoms with van der Waals surface area (Å²) in [6.45, 7) is 8.42. The van der Waals surface area contributed by atoms with E-state index in [-0.39, 0.29) is 35.8 Å². The van der Waals surface area contributed by atoms with Crippen molar-refractivity contribution in [2.45, 2.75) is 90.3 Å². The van der Waals surface area contributed by atoms with Crippen LogP contribution in [-0.2, 0) is 9.59 Å². The van der Waals surface area contributed by atoms with E-state index in [1.54, 1.807) is 19.1 Å². The van der Waals surface area contributed by atoms with Crippen LogP contribution in [0.3, 0.4) is 0 Å². The third-order valence-electron chi connectivity index (χ3n) is 6.77. The van der Waals surface area contributed by atoms with Gasteiger partial charge in [-0.15, -0.1) is 0 Å². The number of para-hydroxylation sites is 1.